The number of methoxy groups -OCH3 is 1. The molecule has 2 aromatic rings. The standard InChI is InChI=1S/C20H18ClF2N3O4S/c1-26-17(27)11-16(31-19(26)25-14-5-3-4-6-15(14)29-2)18(28)24-12-7-9-13(10-8-12)30-20(21,22)23/h3-10,16H,11H2,1-2H3,(H,24,28)/t16-/m1/s1. The third-order valence-electron chi connectivity index (χ3n) is 4.22. The van der Waals surface area contributed by atoms with E-state index in [2.05, 4.69) is 15.0 Å². The predicted molar refractivity (Wildman–Crippen MR) is 115 cm³/mol. The quantitative estimate of drug-likeness (QED) is 0.632. The van der Waals surface area contributed by atoms with Gasteiger partial charge in [0, 0.05) is 30.8 Å². The van der Waals surface area contributed by atoms with E-state index in [1.54, 1.807) is 31.3 Å². The molecule has 7 nitrogen and oxygen atoms in total. The fourth-order valence-corrected chi connectivity index (χ4v) is 3.83. The number of carbonyl (C=O) groups is 2. The van der Waals surface area contributed by atoms with Crippen molar-refractivity contribution in [2.24, 2.45) is 4.99 Å². The molecule has 2 aromatic carbocycles. The van der Waals surface area contributed by atoms with Crippen LogP contribution in [-0.4, -0.2) is 46.9 Å². The summed E-state index contributed by atoms with van der Waals surface area (Å²) in [6.45, 7) is 0. The molecule has 3 rings (SSSR count). The minimum atomic E-state index is -3.83. The van der Waals surface area contributed by atoms with Gasteiger partial charge in [0.2, 0.25) is 11.8 Å². The number of amidine groups is 1. The van der Waals surface area contributed by atoms with E-state index < -0.39 is 16.7 Å². The lowest BCUT2D eigenvalue weighted by molar-refractivity contribution is -0.128. The monoisotopic (exact) mass is 469 g/mol. The Balaban J connectivity index is 1.73. The average Bonchev–Trinajstić information content (AvgIpc) is 2.72. The minimum Gasteiger partial charge on any atom is -0.494 e. The van der Waals surface area contributed by atoms with E-state index in [-0.39, 0.29) is 18.1 Å². The highest BCUT2D eigenvalue weighted by Crippen LogP contribution is 2.33. The van der Waals surface area contributed by atoms with Crippen molar-refractivity contribution in [2.75, 3.05) is 19.5 Å². The number of ether oxygens (including phenoxy) is 2. The molecular weight excluding hydrogens is 452 g/mol. The van der Waals surface area contributed by atoms with E-state index in [0.29, 0.717) is 22.3 Å². The number of halogens is 3. The first-order chi connectivity index (χ1) is 14.7. The molecule has 1 fully saturated rings. The van der Waals surface area contributed by atoms with E-state index in [4.69, 9.17) is 16.3 Å². The third kappa shape index (κ3) is 6.08. The highest BCUT2D eigenvalue weighted by molar-refractivity contribution is 8.15. The molecule has 0 unspecified atom stereocenters. The molecule has 0 aromatic heterocycles. The van der Waals surface area contributed by atoms with Gasteiger partial charge in [0.15, 0.2) is 5.17 Å². The minimum absolute atomic E-state index is 0.0163. The molecule has 1 saturated heterocycles. The van der Waals surface area contributed by atoms with Crippen molar-refractivity contribution in [3.05, 3.63) is 48.5 Å². The maximum absolute atomic E-state index is 12.7. The summed E-state index contributed by atoms with van der Waals surface area (Å²) in [6, 6.07) is 12.3. The lowest BCUT2D eigenvalue weighted by atomic mass is 10.2. The molecule has 0 saturated carbocycles. The summed E-state index contributed by atoms with van der Waals surface area (Å²) < 4.78 is 34.9. The smallest absolute Gasteiger partial charge is 0.487 e. The zero-order valence-electron chi connectivity index (χ0n) is 16.5. The lowest BCUT2D eigenvalue weighted by Crippen LogP contribution is -2.43. The van der Waals surface area contributed by atoms with E-state index in [9.17, 15) is 18.4 Å². The SMILES string of the molecule is COc1ccccc1N=C1S[C@@H](C(=O)Nc2ccc(OC(F)(F)Cl)cc2)CC(=O)N1C. The number of rotatable bonds is 6. The summed E-state index contributed by atoms with van der Waals surface area (Å²) >= 11 is 5.87. The number of amides is 2. The number of para-hydroxylation sites is 2. The molecule has 0 aliphatic carbocycles. The van der Waals surface area contributed by atoms with Crippen LogP contribution in [0.4, 0.5) is 20.2 Å². The Morgan fingerprint density at radius 1 is 1.26 bits per heavy atom. The van der Waals surface area contributed by atoms with Gasteiger partial charge in [0.1, 0.15) is 22.4 Å². The Bertz CT molecular complexity index is 999. The van der Waals surface area contributed by atoms with Crippen LogP contribution < -0.4 is 14.8 Å². The number of benzene rings is 2. The molecule has 1 N–H and O–H groups in total. The molecule has 164 valence electrons. The Labute approximate surface area is 186 Å². The number of hydrogen-bond acceptors (Lipinski definition) is 6. The first kappa shape index (κ1) is 22.8. The van der Waals surface area contributed by atoms with Crippen molar-refractivity contribution >= 4 is 51.7 Å². The molecule has 0 radical (unpaired) electrons. The summed E-state index contributed by atoms with van der Waals surface area (Å²) in [6.07, 6.45) is -0.0163. The van der Waals surface area contributed by atoms with E-state index in [0.717, 1.165) is 11.8 Å². The predicted octanol–water partition coefficient (Wildman–Crippen LogP) is 4.45. The van der Waals surface area contributed by atoms with Gasteiger partial charge in [-0.15, -0.1) is 8.78 Å². The Kier molecular flexibility index (Phi) is 7.01. The molecule has 11 heteroatoms. The number of nitrogens with zero attached hydrogens (tertiary/aromatic N) is 2. The van der Waals surface area contributed by atoms with Crippen molar-refractivity contribution in [3.8, 4) is 11.5 Å². The Hall–Kier alpha value is -2.85. The van der Waals surface area contributed by atoms with Crippen LogP contribution >= 0.6 is 23.4 Å². The summed E-state index contributed by atoms with van der Waals surface area (Å²) in [4.78, 5) is 31.0. The van der Waals surface area contributed by atoms with Gasteiger partial charge in [-0.1, -0.05) is 23.9 Å². The topological polar surface area (TPSA) is 80.2 Å². The van der Waals surface area contributed by atoms with Gasteiger partial charge in [0.25, 0.3) is 0 Å². The van der Waals surface area contributed by atoms with Gasteiger partial charge in [-0.25, -0.2) is 4.99 Å². The van der Waals surface area contributed by atoms with E-state index in [1.165, 1.54) is 36.3 Å². The van der Waals surface area contributed by atoms with Crippen LogP contribution in [0.25, 0.3) is 0 Å². The number of hydrogen-bond donors (Lipinski definition) is 1. The second-order valence-electron chi connectivity index (χ2n) is 6.39. The average molecular weight is 470 g/mol. The highest BCUT2D eigenvalue weighted by atomic mass is 35.5. The molecule has 1 aliphatic heterocycles. The molecular formula is C20H18ClF2N3O4S. The zero-order chi connectivity index (χ0) is 22.6. The van der Waals surface area contributed by atoms with Crippen molar-refractivity contribution < 1.29 is 27.8 Å². The van der Waals surface area contributed by atoms with Crippen molar-refractivity contribution in [2.45, 2.75) is 17.2 Å². The van der Waals surface area contributed by atoms with Crippen LogP contribution in [0.5, 0.6) is 11.5 Å². The third-order valence-corrected chi connectivity index (χ3v) is 5.54. The summed E-state index contributed by atoms with van der Waals surface area (Å²) in [5, 5.41) is 2.29. The fourth-order valence-electron chi connectivity index (χ4n) is 2.69. The highest BCUT2D eigenvalue weighted by Gasteiger charge is 2.34. The van der Waals surface area contributed by atoms with Crippen LogP contribution in [0.2, 0.25) is 0 Å². The maximum Gasteiger partial charge on any atom is 0.487 e. The molecule has 0 bridgehead atoms. The van der Waals surface area contributed by atoms with Gasteiger partial charge in [-0.05, 0) is 36.4 Å². The molecule has 0 spiro atoms. The first-order valence-electron chi connectivity index (χ1n) is 8.98. The normalized spacial score (nSPS) is 18.1. The van der Waals surface area contributed by atoms with Crippen molar-refractivity contribution in [1.29, 1.82) is 0 Å². The number of carbonyl (C=O) groups excluding carboxylic acids is 2. The second kappa shape index (κ2) is 9.52. The van der Waals surface area contributed by atoms with Crippen LogP contribution in [0.1, 0.15) is 6.42 Å². The summed E-state index contributed by atoms with van der Waals surface area (Å²) in [7, 11) is 3.10. The van der Waals surface area contributed by atoms with Crippen molar-refractivity contribution in [3.63, 3.8) is 0 Å². The number of aliphatic imine (C=N–C) groups is 1. The van der Waals surface area contributed by atoms with Gasteiger partial charge in [-0.2, -0.15) is 0 Å². The zero-order valence-corrected chi connectivity index (χ0v) is 18.0. The van der Waals surface area contributed by atoms with Crippen LogP contribution in [0.3, 0.4) is 0 Å². The molecule has 1 heterocycles. The van der Waals surface area contributed by atoms with Crippen LogP contribution in [-0.2, 0) is 9.59 Å². The summed E-state index contributed by atoms with van der Waals surface area (Å²) in [5.41, 5.74) is -2.95. The van der Waals surface area contributed by atoms with Crippen LogP contribution in [0, 0.1) is 0 Å². The molecule has 1 atom stereocenters. The molecule has 1 aliphatic rings. The van der Waals surface area contributed by atoms with Crippen molar-refractivity contribution in [1.82, 2.24) is 4.90 Å². The first-order valence-corrected chi connectivity index (χ1v) is 10.2. The van der Waals surface area contributed by atoms with Crippen LogP contribution in [0.15, 0.2) is 53.5 Å². The summed E-state index contributed by atoms with van der Waals surface area (Å²) in [5.74, 6) is -0.308. The fraction of sp³-hybridized carbons (Fsp3) is 0.250. The van der Waals surface area contributed by atoms with Gasteiger partial charge in [-0.3, -0.25) is 14.5 Å². The van der Waals surface area contributed by atoms with E-state index >= 15 is 0 Å². The van der Waals surface area contributed by atoms with Gasteiger partial charge >= 0.3 is 5.57 Å². The molecule has 2 amide bonds. The molecule has 31 heavy (non-hydrogen) atoms. The Morgan fingerprint density at radius 2 is 1.94 bits per heavy atom. The van der Waals surface area contributed by atoms with Gasteiger partial charge < -0.3 is 14.8 Å². The number of nitrogens with one attached hydrogen (secondary N) is 1. The lowest BCUT2D eigenvalue weighted by Gasteiger charge is -2.29. The number of anilines is 1. The number of thioether (sulfide) groups is 1. The second-order valence-corrected chi connectivity index (χ2v) is 8.00. The maximum atomic E-state index is 12.7. The van der Waals surface area contributed by atoms with E-state index in [1.807, 2.05) is 0 Å². The van der Waals surface area contributed by atoms with Gasteiger partial charge in [0.05, 0.1) is 7.11 Å². The Morgan fingerprint density at radius 3 is 2.58 bits per heavy atom. The number of alkyl halides is 3. The largest absolute Gasteiger partial charge is 0.494 e.